The van der Waals surface area contributed by atoms with Crippen molar-refractivity contribution in [1.29, 1.82) is 0 Å². The Labute approximate surface area is 154 Å². The highest BCUT2D eigenvalue weighted by Crippen LogP contribution is 2.30. The molecule has 0 saturated carbocycles. The van der Waals surface area contributed by atoms with Crippen LogP contribution in [0.2, 0.25) is 5.02 Å². The van der Waals surface area contributed by atoms with E-state index in [9.17, 15) is 4.79 Å². The zero-order valence-corrected chi connectivity index (χ0v) is 15.4. The maximum absolute atomic E-state index is 12.2. The molecular weight excluding hydrogens is 392 g/mol. The molecule has 1 saturated heterocycles. The van der Waals surface area contributed by atoms with E-state index in [4.69, 9.17) is 16.3 Å². The number of halogens is 2. The molecule has 0 unspecified atom stereocenters. The molecule has 0 aromatic heterocycles. The quantitative estimate of drug-likeness (QED) is 0.826. The second-order valence-corrected chi connectivity index (χ2v) is 6.91. The molecule has 1 heterocycles. The highest BCUT2D eigenvalue weighted by atomic mass is 79.9. The van der Waals surface area contributed by atoms with Gasteiger partial charge in [-0.2, -0.15) is 0 Å². The molecule has 1 amide bonds. The average molecular weight is 410 g/mol. The fraction of sp³-hybridized carbons (Fsp3) is 0.278. The van der Waals surface area contributed by atoms with E-state index in [1.807, 2.05) is 30.3 Å². The summed E-state index contributed by atoms with van der Waals surface area (Å²) in [6.07, 6.45) is 0.319. The molecule has 0 radical (unpaired) electrons. The minimum atomic E-state index is -0.0525. The van der Waals surface area contributed by atoms with Crippen molar-refractivity contribution in [2.75, 3.05) is 36.5 Å². The third kappa shape index (κ3) is 4.50. The normalized spacial score (nSPS) is 14.5. The second-order valence-electron chi connectivity index (χ2n) is 5.62. The Kier molecular flexibility index (Phi) is 5.76. The minimum Gasteiger partial charge on any atom is -0.378 e. The van der Waals surface area contributed by atoms with Crippen LogP contribution in [0.3, 0.4) is 0 Å². The van der Waals surface area contributed by atoms with Crippen molar-refractivity contribution in [3.63, 3.8) is 0 Å². The number of hydrogen-bond acceptors (Lipinski definition) is 3. The molecule has 0 atom stereocenters. The Balaban J connectivity index is 1.63. The van der Waals surface area contributed by atoms with Crippen LogP contribution in [0.25, 0.3) is 0 Å². The number of carbonyl (C=O) groups excluding carboxylic acids is 1. The predicted molar refractivity (Wildman–Crippen MR) is 101 cm³/mol. The van der Waals surface area contributed by atoms with Gasteiger partial charge in [-0.05, 0) is 51.8 Å². The third-order valence-electron chi connectivity index (χ3n) is 3.86. The number of ether oxygens (including phenoxy) is 1. The molecule has 0 spiro atoms. The minimum absolute atomic E-state index is 0.0525. The molecule has 4 nitrogen and oxygen atoms in total. The lowest BCUT2D eigenvalue weighted by Crippen LogP contribution is -2.36. The number of anilines is 2. The maximum Gasteiger partial charge on any atom is 0.228 e. The van der Waals surface area contributed by atoms with Crippen LogP contribution < -0.4 is 10.2 Å². The van der Waals surface area contributed by atoms with Gasteiger partial charge in [0, 0.05) is 28.3 Å². The summed E-state index contributed by atoms with van der Waals surface area (Å²) in [7, 11) is 0. The van der Waals surface area contributed by atoms with Crippen LogP contribution in [0, 0.1) is 0 Å². The first-order valence-corrected chi connectivity index (χ1v) is 8.95. The maximum atomic E-state index is 12.2. The van der Waals surface area contributed by atoms with Crippen LogP contribution in [0.5, 0.6) is 0 Å². The van der Waals surface area contributed by atoms with Crippen molar-refractivity contribution in [2.45, 2.75) is 6.42 Å². The second kappa shape index (κ2) is 8.01. The van der Waals surface area contributed by atoms with Crippen LogP contribution >= 0.6 is 27.5 Å². The van der Waals surface area contributed by atoms with Gasteiger partial charge in [0.1, 0.15) is 0 Å². The molecule has 1 aliphatic rings. The summed E-state index contributed by atoms with van der Waals surface area (Å²) in [5.41, 5.74) is 2.83. The number of hydrogen-bond donors (Lipinski definition) is 1. The Morgan fingerprint density at radius 2 is 1.88 bits per heavy atom. The SMILES string of the molecule is O=C(Cc1ccc(Cl)cc1)Nc1ccc(N2CCOCC2)c(Br)c1. The van der Waals surface area contributed by atoms with Gasteiger partial charge in [0.05, 0.1) is 25.3 Å². The van der Waals surface area contributed by atoms with E-state index >= 15 is 0 Å². The number of nitrogens with one attached hydrogen (secondary N) is 1. The average Bonchev–Trinajstić information content (AvgIpc) is 2.58. The van der Waals surface area contributed by atoms with Crippen molar-refractivity contribution in [3.05, 3.63) is 57.5 Å². The molecule has 0 bridgehead atoms. The Hall–Kier alpha value is -1.56. The Bertz CT molecular complexity index is 715. The number of benzene rings is 2. The molecule has 6 heteroatoms. The fourth-order valence-electron chi connectivity index (χ4n) is 2.64. The Morgan fingerprint density at radius 3 is 2.54 bits per heavy atom. The standard InChI is InChI=1S/C18H18BrClN2O2/c19-16-12-15(5-6-17(16)22-7-9-24-10-8-22)21-18(23)11-13-1-3-14(20)4-2-13/h1-6,12H,7-11H2,(H,21,23). The van der Waals surface area contributed by atoms with E-state index in [0.717, 1.165) is 47.7 Å². The van der Waals surface area contributed by atoms with Gasteiger partial charge >= 0.3 is 0 Å². The van der Waals surface area contributed by atoms with Gasteiger partial charge in [0.2, 0.25) is 5.91 Å². The third-order valence-corrected chi connectivity index (χ3v) is 4.75. The summed E-state index contributed by atoms with van der Waals surface area (Å²) in [4.78, 5) is 14.4. The first-order valence-electron chi connectivity index (χ1n) is 7.78. The van der Waals surface area contributed by atoms with Crippen molar-refractivity contribution in [3.8, 4) is 0 Å². The topological polar surface area (TPSA) is 41.6 Å². The zero-order valence-electron chi connectivity index (χ0n) is 13.1. The van der Waals surface area contributed by atoms with Gasteiger partial charge < -0.3 is 15.0 Å². The van der Waals surface area contributed by atoms with E-state index < -0.39 is 0 Å². The van der Waals surface area contributed by atoms with Gasteiger partial charge in [0.15, 0.2) is 0 Å². The lowest BCUT2D eigenvalue weighted by atomic mass is 10.1. The van der Waals surface area contributed by atoms with Gasteiger partial charge in [0.25, 0.3) is 0 Å². The smallest absolute Gasteiger partial charge is 0.228 e. The summed E-state index contributed by atoms with van der Waals surface area (Å²) >= 11 is 9.46. The van der Waals surface area contributed by atoms with Crippen LogP contribution in [0.15, 0.2) is 46.9 Å². The number of nitrogens with zero attached hydrogens (tertiary/aromatic N) is 1. The lowest BCUT2D eigenvalue weighted by Gasteiger charge is -2.29. The monoisotopic (exact) mass is 408 g/mol. The van der Waals surface area contributed by atoms with E-state index in [-0.39, 0.29) is 5.91 Å². The van der Waals surface area contributed by atoms with Gasteiger partial charge in [-0.3, -0.25) is 4.79 Å². The van der Waals surface area contributed by atoms with Crippen LogP contribution in [0.1, 0.15) is 5.56 Å². The summed E-state index contributed by atoms with van der Waals surface area (Å²) in [6, 6.07) is 13.2. The van der Waals surface area contributed by atoms with E-state index in [0.29, 0.717) is 11.4 Å². The summed E-state index contributed by atoms with van der Waals surface area (Å²) in [5.74, 6) is -0.0525. The van der Waals surface area contributed by atoms with Crippen molar-refractivity contribution in [1.82, 2.24) is 0 Å². The fourth-order valence-corrected chi connectivity index (χ4v) is 3.39. The molecule has 2 aromatic rings. The van der Waals surface area contributed by atoms with Gasteiger partial charge in [-0.15, -0.1) is 0 Å². The molecule has 1 N–H and O–H groups in total. The molecular formula is C18H18BrClN2O2. The summed E-state index contributed by atoms with van der Waals surface area (Å²) in [5, 5.41) is 3.60. The molecule has 24 heavy (non-hydrogen) atoms. The molecule has 2 aromatic carbocycles. The lowest BCUT2D eigenvalue weighted by molar-refractivity contribution is -0.115. The highest BCUT2D eigenvalue weighted by molar-refractivity contribution is 9.10. The van der Waals surface area contributed by atoms with Crippen LogP contribution in [-0.4, -0.2) is 32.2 Å². The van der Waals surface area contributed by atoms with Gasteiger partial charge in [-0.25, -0.2) is 0 Å². The first-order chi connectivity index (χ1) is 11.6. The number of amides is 1. The Morgan fingerprint density at radius 1 is 1.17 bits per heavy atom. The number of morpholine rings is 1. The summed E-state index contributed by atoms with van der Waals surface area (Å²) < 4.78 is 6.35. The molecule has 1 fully saturated rings. The van der Waals surface area contributed by atoms with E-state index in [1.54, 1.807) is 12.1 Å². The molecule has 0 aliphatic carbocycles. The molecule has 126 valence electrons. The van der Waals surface area contributed by atoms with E-state index in [2.05, 4.69) is 26.1 Å². The largest absolute Gasteiger partial charge is 0.378 e. The number of carbonyl (C=O) groups is 1. The van der Waals surface area contributed by atoms with Crippen molar-refractivity contribution in [2.24, 2.45) is 0 Å². The predicted octanol–water partition coefficient (Wildman–Crippen LogP) is 4.12. The first kappa shape index (κ1) is 17.3. The van der Waals surface area contributed by atoms with Crippen LogP contribution in [-0.2, 0) is 16.0 Å². The highest BCUT2D eigenvalue weighted by Gasteiger charge is 2.14. The van der Waals surface area contributed by atoms with Crippen LogP contribution in [0.4, 0.5) is 11.4 Å². The van der Waals surface area contributed by atoms with Crippen molar-refractivity contribution < 1.29 is 9.53 Å². The number of rotatable bonds is 4. The van der Waals surface area contributed by atoms with Gasteiger partial charge in [-0.1, -0.05) is 23.7 Å². The van der Waals surface area contributed by atoms with E-state index in [1.165, 1.54) is 0 Å². The summed E-state index contributed by atoms with van der Waals surface area (Å²) in [6.45, 7) is 3.24. The zero-order chi connectivity index (χ0) is 16.9. The van der Waals surface area contributed by atoms with Crippen molar-refractivity contribution >= 4 is 44.8 Å². The molecule has 1 aliphatic heterocycles. The molecule has 3 rings (SSSR count).